The highest BCUT2D eigenvalue weighted by molar-refractivity contribution is 6.30. The van der Waals surface area contributed by atoms with Gasteiger partial charge in [0.2, 0.25) is 0 Å². The normalized spacial score (nSPS) is 22.7. The van der Waals surface area contributed by atoms with E-state index >= 15 is 0 Å². The quantitative estimate of drug-likeness (QED) is 0.388. The average Bonchev–Trinajstić information content (AvgIpc) is 3.13. The van der Waals surface area contributed by atoms with Gasteiger partial charge in [-0.25, -0.2) is 17.6 Å². The van der Waals surface area contributed by atoms with E-state index in [4.69, 9.17) is 11.6 Å². The van der Waals surface area contributed by atoms with Crippen LogP contribution in [0.3, 0.4) is 0 Å². The number of amides is 2. The molecule has 1 saturated carbocycles. The minimum Gasteiger partial charge on any atom is -0.372 e. The Hall–Kier alpha value is -3.50. The Morgan fingerprint density at radius 1 is 1.10 bits per heavy atom. The number of aliphatic hydroxyl groups is 1. The van der Waals surface area contributed by atoms with E-state index in [9.17, 15) is 32.3 Å². The van der Waals surface area contributed by atoms with E-state index in [1.54, 1.807) is 24.3 Å². The van der Waals surface area contributed by atoms with Crippen LogP contribution >= 0.6 is 11.6 Å². The summed E-state index contributed by atoms with van der Waals surface area (Å²) in [5.41, 5.74) is -2.36. The summed E-state index contributed by atoms with van der Waals surface area (Å²) in [6.07, 6.45) is 0.476. The number of benzene rings is 2. The fourth-order valence-electron chi connectivity index (χ4n) is 5.43. The number of fused-ring (bicyclic) bond motifs is 1. The molecule has 1 aliphatic heterocycles. The van der Waals surface area contributed by atoms with Gasteiger partial charge in [-0.3, -0.25) is 14.6 Å². The van der Waals surface area contributed by atoms with Crippen LogP contribution in [0.15, 0.2) is 54.7 Å². The standard InChI is InChI=1S/C28H24ClF4N3O3/c29-17-12-19(24(25(32)33)34-13-17)26(37)35-18-8-5-15(6-9-18)14-36-23-4-2-1-3-20(23)28(39,27(36)38)16-7-10-21(30)22(31)11-16/h1-4,7,10-13,15,18,25,39H,5-6,8-9,14H2,(H,35,37)/t15-,18-,28?. The molecular weight excluding hydrogens is 538 g/mol. The van der Waals surface area contributed by atoms with Crippen LogP contribution in [0.4, 0.5) is 23.2 Å². The van der Waals surface area contributed by atoms with Crippen LogP contribution in [-0.4, -0.2) is 34.5 Å². The van der Waals surface area contributed by atoms with Crippen molar-refractivity contribution < 1.29 is 32.3 Å². The van der Waals surface area contributed by atoms with E-state index in [-0.39, 0.29) is 40.2 Å². The van der Waals surface area contributed by atoms with Crippen LogP contribution in [0.2, 0.25) is 5.02 Å². The van der Waals surface area contributed by atoms with E-state index in [2.05, 4.69) is 10.3 Å². The summed E-state index contributed by atoms with van der Waals surface area (Å²) in [4.78, 5) is 31.3. The van der Waals surface area contributed by atoms with Crippen LogP contribution in [0.5, 0.6) is 0 Å². The summed E-state index contributed by atoms with van der Waals surface area (Å²) in [5, 5.41) is 14.4. The average molecular weight is 562 g/mol. The molecule has 1 atom stereocenters. The largest absolute Gasteiger partial charge is 0.372 e. The molecule has 204 valence electrons. The Morgan fingerprint density at radius 2 is 1.82 bits per heavy atom. The molecule has 39 heavy (non-hydrogen) atoms. The monoisotopic (exact) mass is 561 g/mol. The predicted molar refractivity (Wildman–Crippen MR) is 136 cm³/mol. The first kappa shape index (κ1) is 27.1. The highest BCUT2D eigenvalue weighted by Gasteiger charge is 2.51. The minimum absolute atomic E-state index is 0.0203. The van der Waals surface area contributed by atoms with Crippen molar-refractivity contribution in [3.8, 4) is 0 Å². The Morgan fingerprint density at radius 3 is 2.51 bits per heavy atom. The van der Waals surface area contributed by atoms with Crippen LogP contribution in [0, 0.1) is 17.6 Å². The molecule has 1 unspecified atom stereocenters. The van der Waals surface area contributed by atoms with E-state index in [1.165, 1.54) is 17.0 Å². The minimum atomic E-state index is -2.93. The Bertz CT molecular complexity index is 1430. The van der Waals surface area contributed by atoms with Crippen molar-refractivity contribution in [2.24, 2.45) is 5.92 Å². The van der Waals surface area contributed by atoms with Crippen molar-refractivity contribution in [3.05, 3.63) is 93.8 Å². The van der Waals surface area contributed by atoms with Crippen LogP contribution in [-0.2, 0) is 10.4 Å². The third-order valence-electron chi connectivity index (χ3n) is 7.44. The topological polar surface area (TPSA) is 82.5 Å². The van der Waals surface area contributed by atoms with Crippen molar-refractivity contribution in [3.63, 3.8) is 0 Å². The van der Waals surface area contributed by atoms with Crippen LogP contribution < -0.4 is 10.2 Å². The van der Waals surface area contributed by atoms with Gasteiger partial charge in [0.25, 0.3) is 18.2 Å². The number of pyridine rings is 1. The number of nitrogens with zero attached hydrogens (tertiary/aromatic N) is 2. The van der Waals surface area contributed by atoms with Crippen molar-refractivity contribution in [2.75, 3.05) is 11.4 Å². The number of nitrogens with one attached hydrogen (secondary N) is 1. The first-order chi connectivity index (χ1) is 18.6. The lowest BCUT2D eigenvalue weighted by atomic mass is 9.85. The summed E-state index contributed by atoms with van der Waals surface area (Å²) in [7, 11) is 0. The van der Waals surface area contributed by atoms with Gasteiger partial charge in [-0.15, -0.1) is 0 Å². The first-order valence-electron chi connectivity index (χ1n) is 12.4. The van der Waals surface area contributed by atoms with E-state index < -0.39 is 41.2 Å². The third-order valence-corrected chi connectivity index (χ3v) is 7.64. The number of rotatable bonds is 6. The first-order valence-corrected chi connectivity index (χ1v) is 12.8. The summed E-state index contributed by atoms with van der Waals surface area (Å²) in [6.45, 7) is 0.274. The SMILES string of the molecule is O=C(N[C@H]1CC[C@H](CN2C(=O)C(O)(c3ccc(F)c(F)c3)c3ccccc32)CC1)c1cc(Cl)cnc1C(F)F. The molecule has 2 aliphatic rings. The molecule has 1 aromatic heterocycles. The smallest absolute Gasteiger partial charge is 0.281 e. The molecule has 0 saturated heterocycles. The number of hydrogen-bond acceptors (Lipinski definition) is 4. The number of halogens is 5. The van der Waals surface area contributed by atoms with E-state index in [1.807, 2.05) is 0 Å². The highest BCUT2D eigenvalue weighted by Crippen LogP contribution is 2.45. The molecule has 11 heteroatoms. The van der Waals surface area contributed by atoms with Gasteiger partial charge in [0.15, 0.2) is 17.2 Å². The van der Waals surface area contributed by atoms with Crippen molar-refractivity contribution in [2.45, 2.75) is 43.8 Å². The predicted octanol–water partition coefficient (Wildman–Crippen LogP) is 5.52. The molecule has 6 nitrogen and oxygen atoms in total. The van der Waals surface area contributed by atoms with Gasteiger partial charge in [0.1, 0.15) is 5.69 Å². The highest BCUT2D eigenvalue weighted by atomic mass is 35.5. The number of carbonyl (C=O) groups excluding carboxylic acids is 2. The fraction of sp³-hybridized carbons (Fsp3) is 0.321. The molecule has 1 fully saturated rings. The zero-order valence-corrected chi connectivity index (χ0v) is 21.3. The number of para-hydroxylation sites is 1. The lowest BCUT2D eigenvalue weighted by Gasteiger charge is -2.32. The maximum Gasteiger partial charge on any atom is 0.281 e. The van der Waals surface area contributed by atoms with Gasteiger partial charge in [-0.2, -0.15) is 0 Å². The fourth-order valence-corrected chi connectivity index (χ4v) is 5.59. The molecule has 2 aromatic carbocycles. The van der Waals surface area contributed by atoms with Gasteiger partial charge in [0, 0.05) is 29.9 Å². The number of hydrogen-bond donors (Lipinski definition) is 2. The Kier molecular flexibility index (Phi) is 7.35. The summed E-state index contributed by atoms with van der Waals surface area (Å²) in [6, 6.07) is 10.5. The molecule has 0 radical (unpaired) electrons. The van der Waals surface area contributed by atoms with E-state index in [0.29, 0.717) is 31.4 Å². The summed E-state index contributed by atoms with van der Waals surface area (Å²) in [5.74, 6) is -3.56. The Labute approximate surface area is 226 Å². The zero-order chi connectivity index (χ0) is 27.9. The molecule has 1 aliphatic carbocycles. The second-order valence-corrected chi connectivity index (χ2v) is 10.3. The van der Waals surface area contributed by atoms with Crippen molar-refractivity contribution in [1.29, 1.82) is 0 Å². The van der Waals surface area contributed by atoms with Gasteiger partial charge in [0.05, 0.1) is 16.3 Å². The maximum absolute atomic E-state index is 14.0. The second kappa shape index (κ2) is 10.6. The van der Waals surface area contributed by atoms with E-state index in [0.717, 1.165) is 18.3 Å². The van der Waals surface area contributed by atoms with Crippen molar-refractivity contribution in [1.82, 2.24) is 10.3 Å². The van der Waals surface area contributed by atoms with Gasteiger partial charge < -0.3 is 15.3 Å². The zero-order valence-electron chi connectivity index (χ0n) is 20.5. The molecule has 3 aromatic rings. The number of alkyl halides is 2. The lowest BCUT2D eigenvalue weighted by Crippen LogP contribution is -2.44. The van der Waals surface area contributed by atoms with Gasteiger partial charge in [-0.05, 0) is 55.9 Å². The second-order valence-electron chi connectivity index (χ2n) is 9.85. The molecule has 2 amide bonds. The molecule has 2 N–H and O–H groups in total. The van der Waals surface area contributed by atoms with Crippen LogP contribution in [0.25, 0.3) is 0 Å². The Balaban J connectivity index is 1.28. The van der Waals surface area contributed by atoms with Gasteiger partial charge in [-0.1, -0.05) is 35.9 Å². The maximum atomic E-state index is 14.0. The van der Waals surface area contributed by atoms with Crippen LogP contribution in [0.1, 0.15) is 59.3 Å². The third kappa shape index (κ3) is 4.98. The van der Waals surface area contributed by atoms with Gasteiger partial charge >= 0.3 is 0 Å². The molecule has 0 spiro atoms. The lowest BCUT2D eigenvalue weighted by molar-refractivity contribution is -0.132. The number of aromatic nitrogens is 1. The van der Waals surface area contributed by atoms with Crippen molar-refractivity contribution >= 4 is 29.1 Å². The molecular formula is C28H24ClF4N3O3. The summed E-state index contributed by atoms with van der Waals surface area (Å²) < 4.78 is 54.2. The molecule has 2 heterocycles. The number of carbonyl (C=O) groups is 2. The summed E-state index contributed by atoms with van der Waals surface area (Å²) >= 11 is 5.86. The molecule has 0 bridgehead atoms. The molecule has 5 rings (SSSR count). The number of anilines is 1.